The van der Waals surface area contributed by atoms with Crippen LogP contribution in [0.15, 0.2) is 58.1 Å². The number of rotatable bonds is 4. The number of aliphatic imine (C=N–C) groups is 1. The average Bonchev–Trinajstić information content (AvgIpc) is 2.62. The van der Waals surface area contributed by atoms with Crippen LogP contribution in [-0.2, 0) is 11.0 Å². The Morgan fingerprint density at radius 3 is 2.73 bits per heavy atom. The normalized spacial score (nSPS) is 12.5. The largest absolute Gasteiger partial charge is 0.404 e. The van der Waals surface area contributed by atoms with Gasteiger partial charge in [-0.05, 0) is 36.8 Å². The van der Waals surface area contributed by atoms with Crippen LogP contribution in [0.3, 0.4) is 0 Å². The molecule has 0 spiro atoms. The number of hydrogen-bond acceptors (Lipinski definition) is 3. The van der Waals surface area contributed by atoms with Crippen molar-refractivity contribution in [3.05, 3.63) is 70.9 Å². The molecule has 134 valence electrons. The van der Waals surface area contributed by atoms with Gasteiger partial charge in [0.2, 0.25) is 0 Å². The summed E-state index contributed by atoms with van der Waals surface area (Å²) in [6, 6.07) is 9.21. The lowest BCUT2D eigenvalue weighted by Gasteiger charge is -2.09. The predicted octanol–water partition coefficient (Wildman–Crippen LogP) is 3.30. The molecular weight excluding hydrogens is 356 g/mol. The summed E-state index contributed by atoms with van der Waals surface area (Å²) >= 11 is 0. The molecule has 0 saturated carbocycles. The van der Waals surface area contributed by atoms with E-state index < -0.39 is 28.2 Å². The van der Waals surface area contributed by atoms with Crippen LogP contribution in [0.4, 0.5) is 14.5 Å². The minimum Gasteiger partial charge on any atom is -0.404 e. The van der Waals surface area contributed by atoms with Gasteiger partial charge in [0.15, 0.2) is 5.82 Å². The van der Waals surface area contributed by atoms with E-state index in [9.17, 15) is 13.0 Å². The van der Waals surface area contributed by atoms with Gasteiger partial charge < -0.3 is 5.73 Å². The Labute approximate surface area is 153 Å². The van der Waals surface area contributed by atoms with Crippen molar-refractivity contribution in [3.63, 3.8) is 0 Å². The van der Waals surface area contributed by atoms with E-state index in [1.165, 1.54) is 25.5 Å². The molecule has 0 heterocycles. The number of nitrogens with zero attached hydrogens (tertiary/aromatic N) is 1. The van der Waals surface area contributed by atoms with Crippen LogP contribution in [0, 0.1) is 30.4 Å². The van der Waals surface area contributed by atoms with E-state index >= 15 is 0 Å². The van der Waals surface area contributed by atoms with Gasteiger partial charge in [-0.15, -0.1) is 0 Å². The molecule has 0 amide bonds. The molecule has 0 bridgehead atoms. The third-order valence-corrected chi connectivity index (χ3v) is 4.36. The van der Waals surface area contributed by atoms with E-state index in [0.717, 1.165) is 11.6 Å². The van der Waals surface area contributed by atoms with Crippen molar-refractivity contribution in [3.8, 4) is 11.8 Å². The summed E-state index contributed by atoms with van der Waals surface area (Å²) < 4.78 is 43.5. The maximum absolute atomic E-state index is 14.6. The number of nitrogens with one attached hydrogen (secondary N) is 1. The molecule has 7 heteroatoms. The van der Waals surface area contributed by atoms with Crippen LogP contribution in [0.5, 0.6) is 0 Å². The van der Waals surface area contributed by atoms with Gasteiger partial charge in [-0.1, -0.05) is 24.0 Å². The van der Waals surface area contributed by atoms with E-state index in [-0.39, 0.29) is 5.69 Å². The summed E-state index contributed by atoms with van der Waals surface area (Å²) in [5.41, 5.74) is 6.05. The van der Waals surface area contributed by atoms with Gasteiger partial charge in [0.05, 0.1) is 21.7 Å². The average molecular weight is 373 g/mol. The molecule has 4 nitrogen and oxygen atoms in total. The topological polar surface area (TPSA) is 67.5 Å². The SMILES string of the molecule is CN=C/C(C#Cc1c(F)ccc(NS(=O)c2cccc(C)c2)c1F)=C\N. The minimum atomic E-state index is -1.70. The zero-order valence-electron chi connectivity index (χ0n) is 14.2. The zero-order chi connectivity index (χ0) is 19.1. The van der Waals surface area contributed by atoms with E-state index in [2.05, 4.69) is 21.6 Å². The van der Waals surface area contributed by atoms with Gasteiger partial charge in [-0.3, -0.25) is 9.71 Å². The molecule has 1 unspecified atom stereocenters. The van der Waals surface area contributed by atoms with E-state index in [4.69, 9.17) is 5.73 Å². The fourth-order valence-corrected chi connectivity index (χ4v) is 3.00. The molecule has 0 radical (unpaired) electrons. The van der Waals surface area contributed by atoms with Crippen molar-refractivity contribution in [1.82, 2.24) is 0 Å². The Hall–Kier alpha value is -2.98. The molecular formula is C19H17F2N3OS. The first-order chi connectivity index (χ1) is 12.5. The molecule has 0 saturated heterocycles. The van der Waals surface area contributed by atoms with Crippen molar-refractivity contribution in [2.75, 3.05) is 11.8 Å². The quantitative estimate of drug-likeness (QED) is 0.638. The molecule has 26 heavy (non-hydrogen) atoms. The number of nitrogens with two attached hydrogens (primary N) is 1. The van der Waals surface area contributed by atoms with Crippen molar-refractivity contribution >= 4 is 22.9 Å². The van der Waals surface area contributed by atoms with Gasteiger partial charge in [0, 0.05) is 19.5 Å². The second-order valence-corrected chi connectivity index (χ2v) is 6.44. The Morgan fingerprint density at radius 2 is 2.08 bits per heavy atom. The van der Waals surface area contributed by atoms with Crippen molar-refractivity contribution < 1.29 is 13.0 Å². The van der Waals surface area contributed by atoms with Crippen LogP contribution < -0.4 is 10.5 Å². The minimum absolute atomic E-state index is 0.113. The highest BCUT2D eigenvalue weighted by Crippen LogP contribution is 2.22. The van der Waals surface area contributed by atoms with Crippen LogP contribution >= 0.6 is 0 Å². The zero-order valence-corrected chi connectivity index (χ0v) is 15.0. The standard InChI is InChI=1S/C19H17F2N3OS/c1-13-4-3-5-15(10-13)26(25)24-18-9-8-17(20)16(19(18)21)7-6-14(11-22)12-23-2/h3-5,8-12,24H,22H2,1-2H3/b14-11-,23-12?. The first-order valence-corrected chi connectivity index (χ1v) is 8.70. The summed E-state index contributed by atoms with van der Waals surface area (Å²) in [6.45, 7) is 1.86. The number of anilines is 1. The third-order valence-electron chi connectivity index (χ3n) is 3.28. The summed E-state index contributed by atoms with van der Waals surface area (Å²) in [4.78, 5) is 4.23. The first kappa shape index (κ1) is 19.3. The van der Waals surface area contributed by atoms with E-state index in [1.807, 2.05) is 13.0 Å². The summed E-state index contributed by atoms with van der Waals surface area (Å²) in [7, 11) is -0.175. The Bertz CT molecular complexity index is 959. The summed E-state index contributed by atoms with van der Waals surface area (Å²) in [5, 5.41) is 0. The summed E-state index contributed by atoms with van der Waals surface area (Å²) in [6.07, 6.45) is 2.56. The Morgan fingerprint density at radius 1 is 1.31 bits per heavy atom. The highest BCUT2D eigenvalue weighted by molar-refractivity contribution is 7.86. The van der Waals surface area contributed by atoms with Gasteiger partial charge in [-0.2, -0.15) is 0 Å². The van der Waals surface area contributed by atoms with Gasteiger partial charge >= 0.3 is 0 Å². The van der Waals surface area contributed by atoms with Crippen LogP contribution in [0.2, 0.25) is 0 Å². The first-order valence-electron chi connectivity index (χ1n) is 7.55. The number of benzene rings is 2. The second kappa shape index (κ2) is 8.92. The smallest absolute Gasteiger partial charge is 0.165 e. The highest BCUT2D eigenvalue weighted by Gasteiger charge is 2.14. The number of halogens is 2. The lowest BCUT2D eigenvalue weighted by molar-refractivity contribution is 0.580. The van der Waals surface area contributed by atoms with Crippen LogP contribution in [0.1, 0.15) is 11.1 Å². The molecule has 3 N–H and O–H groups in total. The molecule has 0 aliphatic heterocycles. The second-order valence-electron chi connectivity index (χ2n) is 5.23. The Kier molecular flexibility index (Phi) is 6.64. The molecule has 0 fully saturated rings. The van der Waals surface area contributed by atoms with E-state index in [0.29, 0.717) is 10.5 Å². The molecule has 2 rings (SSSR count). The molecule has 1 atom stereocenters. The molecule has 2 aromatic carbocycles. The van der Waals surface area contributed by atoms with Crippen LogP contribution in [0.25, 0.3) is 0 Å². The maximum Gasteiger partial charge on any atom is 0.165 e. The number of allylic oxidation sites excluding steroid dienone is 1. The third kappa shape index (κ3) is 4.77. The highest BCUT2D eigenvalue weighted by atomic mass is 32.2. The van der Waals surface area contributed by atoms with Crippen molar-refractivity contribution in [2.45, 2.75) is 11.8 Å². The van der Waals surface area contributed by atoms with Crippen LogP contribution in [-0.4, -0.2) is 17.5 Å². The number of hydrogen-bond donors (Lipinski definition) is 2. The van der Waals surface area contributed by atoms with Gasteiger partial charge in [-0.25, -0.2) is 13.0 Å². The Balaban J connectivity index is 2.35. The van der Waals surface area contributed by atoms with Gasteiger partial charge in [0.25, 0.3) is 0 Å². The predicted molar refractivity (Wildman–Crippen MR) is 101 cm³/mol. The van der Waals surface area contributed by atoms with Gasteiger partial charge in [0.1, 0.15) is 16.8 Å². The van der Waals surface area contributed by atoms with E-state index in [1.54, 1.807) is 18.2 Å². The fraction of sp³-hybridized carbons (Fsp3) is 0.105. The molecule has 0 aliphatic carbocycles. The summed E-state index contributed by atoms with van der Waals surface area (Å²) in [5.74, 6) is 3.19. The fourth-order valence-electron chi connectivity index (χ4n) is 2.03. The number of aryl methyl sites for hydroxylation is 1. The monoisotopic (exact) mass is 373 g/mol. The van der Waals surface area contributed by atoms with Crippen molar-refractivity contribution in [1.29, 1.82) is 0 Å². The molecule has 0 aromatic heterocycles. The molecule has 0 aliphatic rings. The maximum atomic E-state index is 14.6. The lowest BCUT2D eigenvalue weighted by atomic mass is 10.1. The lowest BCUT2D eigenvalue weighted by Crippen LogP contribution is -2.08. The van der Waals surface area contributed by atoms with Crippen molar-refractivity contribution in [2.24, 2.45) is 10.7 Å². The molecule has 2 aromatic rings.